The molecule has 4 heterocycles. The zero-order chi connectivity index (χ0) is 22.7. The lowest BCUT2D eigenvalue weighted by Crippen LogP contribution is -2.61. The largest absolute Gasteiger partial charge is 0.507 e. The molecule has 0 radical (unpaired) electrons. The highest BCUT2D eigenvalue weighted by atomic mass is 19.3. The van der Waals surface area contributed by atoms with Crippen LogP contribution in [0.3, 0.4) is 0 Å². The number of benzene rings is 1. The van der Waals surface area contributed by atoms with Crippen molar-refractivity contribution in [1.82, 2.24) is 25.5 Å². The van der Waals surface area contributed by atoms with Crippen LogP contribution in [0.4, 0.5) is 8.78 Å². The fourth-order valence-corrected chi connectivity index (χ4v) is 5.17. The van der Waals surface area contributed by atoms with E-state index in [2.05, 4.69) is 25.5 Å². The van der Waals surface area contributed by atoms with Crippen molar-refractivity contribution >= 4 is 16.8 Å². The Hall–Kier alpha value is -3.04. The Morgan fingerprint density at radius 3 is 2.72 bits per heavy atom. The molecule has 0 saturated carbocycles. The van der Waals surface area contributed by atoms with Gasteiger partial charge in [0.05, 0.1) is 28.9 Å². The van der Waals surface area contributed by atoms with E-state index in [1.54, 1.807) is 44.4 Å². The van der Waals surface area contributed by atoms with Crippen molar-refractivity contribution in [3.05, 3.63) is 48.1 Å². The molecule has 2 fully saturated rings. The fourth-order valence-electron chi connectivity index (χ4n) is 5.17. The van der Waals surface area contributed by atoms with Gasteiger partial charge < -0.3 is 9.84 Å². The molecule has 9 heteroatoms. The SMILES string of the molecule is CO[C@@H]1/C(=C\c2cnc(-c3cc4ccncc4cc3O)nn2)C[C@@]2(C)N[C@]1(C)CC2(F)F. The highest BCUT2D eigenvalue weighted by Crippen LogP contribution is 2.53. The number of aromatic hydroxyl groups is 1. The van der Waals surface area contributed by atoms with Crippen LogP contribution in [0.5, 0.6) is 5.75 Å². The van der Waals surface area contributed by atoms with Gasteiger partial charge in [0.15, 0.2) is 5.82 Å². The molecule has 2 aromatic heterocycles. The van der Waals surface area contributed by atoms with Crippen LogP contribution in [-0.2, 0) is 4.74 Å². The second-order valence-corrected chi connectivity index (χ2v) is 9.07. The first-order valence-electron chi connectivity index (χ1n) is 10.3. The molecule has 3 aromatic rings. The molecule has 166 valence electrons. The minimum atomic E-state index is -2.86. The number of hydrogen-bond acceptors (Lipinski definition) is 7. The predicted octanol–water partition coefficient (Wildman–Crippen LogP) is 3.74. The number of hydrogen-bond donors (Lipinski definition) is 2. The number of ether oxygens (including phenoxy) is 1. The number of fused-ring (bicyclic) bond motifs is 3. The molecule has 2 aliphatic rings. The van der Waals surface area contributed by atoms with Gasteiger partial charge in [-0.2, -0.15) is 0 Å². The van der Waals surface area contributed by atoms with Gasteiger partial charge in [0.2, 0.25) is 0 Å². The summed E-state index contributed by atoms with van der Waals surface area (Å²) in [5.41, 5.74) is -0.631. The Morgan fingerprint density at radius 1 is 1.19 bits per heavy atom. The Kier molecular flexibility index (Phi) is 4.55. The smallest absolute Gasteiger partial charge is 0.267 e. The molecule has 5 rings (SSSR count). The zero-order valence-electron chi connectivity index (χ0n) is 17.9. The molecule has 2 bridgehead atoms. The molecule has 2 saturated heterocycles. The normalized spacial score (nSPS) is 30.2. The van der Waals surface area contributed by atoms with Crippen LogP contribution in [0.1, 0.15) is 32.4 Å². The first-order chi connectivity index (χ1) is 15.1. The van der Waals surface area contributed by atoms with E-state index in [4.69, 9.17) is 4.74 Å². The number of rotatable bonds is 3. The monoisotopic (exact) mass is 439 g/mol. The van der Waals surface area contributed by atoms with Crippen molar-refractivity contribution in [3.63, 3.8) is 0 Å². The number of piperidine rings is 1. The van der Waals surface area contributed by atoms with Crippen LogP contribution in [0, 0.1) is 0 Å². The molecule has 7 nitrogen and oxygen atoms in total. The quantitative estimate of drug-likeness (QED) is 0.642. The summed E-state index contributed by atoms with van der Waals surface area (Å²) in [4.78, 5) is 8.40. The molecule has 0 aliphatic carbocycles. The van der Waals surface area contributed by atoms with E-state index in [9.17, 15) is 13.9 Å². The summed E-state index contributed by atoms with van der Waals surface area (Å²) in [5, 5.41) is 23.6. The number of aromatic nitrogens is 4. The number of phenolic OH excluding ortho intramolecular Hbond substituents is 1. The summed E-state index contributed by atoms with van der Waals surface area (Å²) in [5.74, 6) is -2.57. The molecule has 3 atom stereocenters. The van der Waals surface area contributed by atoms with Gasteiger partial charge in [-0.05, 0) is 55.5 Å². The van der Waals surface area contributed by atoms with E-state index in [1.807, 2.05) is 6.07 Å². The Bertz CT molecular complexity index is 1230. The fraction of sp³-hybridized carbons (Fsp3) is 0.391. The minimum Gasteiger partial charge on any atom is -0.507 e. The van der Waals surface area contributed by atoms with E-state index in [0.29, 0.717) is 11.3 Å². The molecule has 0 amide bonds. The predicted molar refractivity (Wildman–Crippen MR) is 115 cm³/mol. The van der Waals surface area contributed by atoms with Gasteiger partial charge in [0, 0.05) is 31.3 Å². The summed E-state index contributed by atoms with van der Waals surface area (Å²) in [6, 6.07) is 5.21. The van der Waals surface area contributed by atoms with E-state index in [1.165, 1.54) is 13.3 Å². The van der Waals surface area contributed by atoms with Crippen molar-refractivity contribution in [2.75, 3.05) is 7.11 Å². The van der Waals surface area contributed by atoms with Gasteiger partial charge >= 0.3 is 0 Å². The standard InChI is InChI=1S/C23H23F2N5O2/c1-21-12-23(24,25)22(2,30-21)9-14(19(21)32-3)6-16-11-27-20(29-28-16)17-7-13-4-5-26-10-15(13)8-18(17)31/h4-8,10-11,19,30-31H,9,12H2,1-3H3/b14-6-/t19-,21-,22-/m1/s1. The minimum absolute atomic E-state index is 0.0239. The summed E-state index contributed by atoms with van der Waals surface area (Å²) in [6.07, 6.45) is 5.87. The van der Waals surface area contributed by atoms with E-state index in [-0.39, 0.29) is 24.4 Å². The number of nitrogens with one attached hydrogen (secondary N) is 1. The Labute approximate surface area is 183 Å². The van der Waals surface area contributed by atoms with E-state index >= 15 is 0 Å². The second kappa shape index (κ2) is 6.98. The van der Waals surface area contributed by atoms with Crippen molar-refractivity contribution in [1.29, 1.82) is 0 Å². The third-order valence-electron chi connectivity index (χ3n) is 6.58. The number of phenols is 1. The van der Waals surface area contributed by atoms with Crippen molar-refractivity contribution in [2.45, 2.75) is 49.8 Å². The average molecular weight is 439 g/mol. The van der Waals surface area contributed by atoms with Gasteiger partial charge in [0.1, 0.15) is 11.4 Å². The lowest BCUT2D eigenvalue weighted by Gasteiger charge is -2.44. The maximum absolute atomic E-state index is 14.7. The van der Waals surface area contributed by atoms with Crippen molar-refractivity contribution in [3.8, 4) is 17.1 Å². The highest BCUT2D eigenvalue weighted by molar-refractivity contribution is 5.88. The van der Waals surface area contributed by atoms with Gasteiger partial charge in [-0.15, -0.1) is 10.2 Å². The molecular formula is C23H23F2N5O2. The molecule has 2 N–H and O–H groups in total. The molecule has 0 unspecified atom stereocenters. The van der Waals surface area contributed by atoms with Crippen LogP contribution in [0.2, 0.25) is 0 Å². The number of halogens is 2. The summed E-state index contributed by atoms with van der Waals surface area (Å²) in [7, 11) is 1.52. The van der Waals surface area contributed by atoms with E-state index < -0.39 is 23.1 Å². The second-order valence-electron chi connectivity index (χ2n) is 9.07. The number of methoxy groups -OCH3 is 1. The van der Waals surface area contributed by atoms with Crippen LogP contribution in [0.25, 0.3) is 28.2 Å². The van der Waals surface area contributed by atoms with Crippen LogP contribution in [-0.4, -0.2) is 55.5 Å². The van der Waals surface area contributed by atoms with Gasteiger partial charge in [-0.25, -0.2) is 13.8 Å². The van der Waals surface area contributed by atoms with Gasteiger partial charge in [-0.1, -0.05) is 0 Å². The maximum Gasteiger partial charge on any atom is 0.267 e. The van der Waals surface area contributed by atoms with Crippen molar-refractivity contribution < 1.29 is 18.6 Å². The van der Waals surface area contributed by atoms with Gasteiger partial charge in [-0.3, -0.25) is 10.3 Å². The topological polar surface area (TPSA) is 93.1 Å². The number of pyridine rings is 1. The van der Waals surface area contributed by atoms with E-state index in [0.717, 1.165) is 16.3 Å². The lowest BCUT2D eigenvalue weighted by atomic mass is 9.81. The van der Waals surface area contributed by atoms with Crippen LogP contribution < -0.4 is 5.32 Å². The van der Waals surface area contributed by atoms with Crippen molar-refractivity contribution in [2.24, 2.45) is 0 Å². The number of alkyl halides is 2. The summed E-state index contributed by atoms with van der Waals surface area (Å²) >= 11 is 0. The summed E-state index contributed by atoms with van der Waals surface area (Å²) < 4.78 is 35.1. The molecule has 32 heavy (non-hydrogen) atoms. The summed E-state index contributed by atoms with van der Waals surface area (Å²) in [6.45, 7) is 3.31. The highest BCUT2D eigenvalue weighted by Gasteiger charge is 2.67. The zero-order valence-corrected chi connectivity index (χ0v) is 17.9. The van der Waals surface area contributed by atoms with Crippen LogP contribution >= 0.6 is 0 Å². The Balaban J connectivity index is 1.49. The van der Waals surface area contributed by atoms with Crippen LogP contribution in [0.15, 0.2) is 42.4 Å². The first-order valence-corrected chi connectivity index (χ1v) is 10.3. The molecular weight excluding hydrogens is 416 g/mol. The number of nitrogens with zero attached hydrogens (tertiary/aromatic N) is 4. The Morgan fingerprint density at radius 2 is 2.00 bits per heavy atom. The third-order valence-corrected chi connectivity index (χ3v) is 6.58. The average Bonchev–Trinajstić information content (AvgIpc) is 2.88. The van der Waals surface area contributed by atoms with Gasteiger partial charge in [0.25, 0.3) is 5.92 Å². The molecule has 0 spiro atoms. The lowest BCUT2D eigenvalue weighted by molar-refractivity contribution is -0.0524. The molecule has 2 aliphatic heterocycles. The first kappa shape index (κ1) is 20.8. The third kappa shape index (κ3) is 3.15. The molecule has 1 aromatic carbocycles. The maximum atomic E-state index is 14.7.